The second kappa shape index (κ2) is 76.6. The number of aliphatic hydroxyl groups excluding tert-OH is 1. The normalized spacial score (nSPS) is 14.5. The van der Waals surface area contributed by atoms with Gasteiger partial charge in [0.15, 0.2) is 12.2 Å². The number of hydrogen-bond acceptors (Lipinski definition) is 15. The van der Waals surface area contributed by atoms with E-state index in [1.807, 2.05) is 18.2 Å². The fourth-order valence-electron chi connectivity index (χ4n) is 10.8. The molecule has 0 aliphatic carbocycles. The highest BCUT2D eigenvalue weighted by molar-refractivity contribution is 7.47. The van der Waals surface area contributed by atoms with Crippen molar-refractivity contribution in [3.63, 3.8) is 0 Å². The van der Waals surface area contributed by atoms with Crippen molar-refractivity contribution >= 4 is 39.5 Å². The van der Waals surface area contributed by atoms with E-state index in [4.69, 9.17) is 37.0 Å². The van der Waals surface area contributed by atoms with Crippen molar-refractivity contribution in [2.75, 3.05) is 39.6 Å². The molecule has 0 heterocycles. The van der Waals surface area contributed by atoms with E-state index in [1.54, 1.807) is 0 Å². The molecule has 0 saturated heterocycles. The number of ether oxygens (including phenoxy) is 4. The molecule has 5 unspecified atom stereocenters. The Bertz CT molecular complexity index is 2440. The van der Waals surface area contributed by atoms with Crippen molar-refractivity contribution in [2.24, 2.45) is 0 Å². The smallest absolute Gasteiger partial charge is 0.462 e. The maximum absolute atomic E-state index is 13.1. The van der Waals surface area contributed by atoms with Crippen LogP contribution in [-0.4, -0.2) is 96.7 Å². The molecular formula is C85H146O17P2. The second-order valence-corrected chi connectivity index (χ2v) is 29.9. The standard InChI is InChI=1S/C85H146O17P2/c1-5-9-13-17-21-25-29-33-37-38-39-40-44-46-50-54-58-62-66-70-83(88)96-76-81(102-85(90)72-68-64-60-56-52-48-43-36-32-28-24-20-16-12-8-4)78-100-104(93,94)98-74-79(86)73-97-103(91,92)99-77-80(101-84(89)71-67-63-59-55-51-47-42-35-31-27-23-19-15-11-7-3)75-95-82(87)69-65-61-57-53-49-45-41-34-30-26-22-18-14-10-6-2/h9-10,13-14,21-22,25-26,33-34,36-37,39-41,43,46,50,58,62,79-81,86H,5-8,11-12,15-20,23-24,27-32,35,38,42,44-45,47-49,51-57,59-61,63-78H2,1-4H3,(H,91,92)(H,93,94)/b13-9-,14-10-,25-21-,26-22-,37-33-,40-39-,41-34-,43-36-,50-46-,62-58-. The van der Waals surface area contributed by atoms with E-state index in [0.717, 1.165) is 148 Å². The van der Waals surface area contributed by atoms with Crippen LogP contribution in [0.25, 0.3) is 0 Å². The summed E-state index contributed by atoms with van der Waals surface area (Å²) < 4.78 is 68.6. The molecule has 3 N–H and O–H groups in total. The summed E-state index contributed by atoms with van der Waals surface area (Å²) in [5.41, 5.74) is 0. The largest absolute Gasteiger partial charge is 0.472 e. The van der Waals surface area contributed by atoms with Gasteiger partial charge in [-0.1, -0.05) is 310 Å². The Morgan fingerprint density at radius 3 is 0.837 bits per heavy atom. The first-order valence-electron chi connectivity index (χ1n) is 40.8. The number of esters is 4. The Labute approximate surface area is 632 Å². The topological polar surface area (TPSA) is 237 Å². The average molecular weight is 1500 g/mol. The Morgan fingerprint density at radius 1 is 0.279 bits per heavy atom. The zero-order valence-electron chi connectivity index (χ0n) is 65.4. The molecule has 0 aromatic rings. The van der Waals surface area contributed by atoms with Gasteiger partial charge in [-0.25, -0.2) is 9.13 Å². The van der Waals surface area contributed by atoms with Crippen LogP contribution >= 0.6 is 15.6 Å². The summed E-state index contributed by atoms with van der Waals surface area (Å²) in [6, 6.07) is 0. The maximum atomic E-state index is 13.1. The van der Waals surface area contributed by atoms with Crippen LogP contribution in [0, 0.1) is 0 Å². The average Bonchev–Trinajstić information content (AvgIpc) is 0.918. The van der Waals surface area contributed by atoms with Crippen molar-refractivity contribution in [3.8, 4) is 0 Å². The number of allylic oxidation sites excluding steroid dienone is 20. The van der Waals surface area contributed by atoms with E-state index in [-0.39, 0.29) is 25.7 Å². The fourth-order valence-corrected chi connectivity index (χ4v) is 12.4. The molecule has 0 saturated carbocycles. The predicted molar refractivity (Wildman–Crippen MR) is 427 cm³/mol. The number of phosphoric acid groups is 2. The summed E-state index contributed by atoms with van der Waals surface area (Å²) in [5.74, 6) is -2.29. The molecule has 0 aromatic heterocycles. The molecule has 0 rings (SSSR count). The third-order valence-electron chi connectivity index (χ3n) is 16.9. The van der Waals surface area contributed by atoms with Gasteiger partial charge >= 0.3 is 39.5 Å². The molecule has 5 atom stereocenters. The lowest BCUT2D eigenvalue weighted by molar-refractivity contribution is -0.161. The van der Waals surface area contributed by atoms with Gasteiger partial charge in [0.1, 0.15) is 19.3 Å². The van der Waals surface area contributed by atoms with Crippen LogP contribution in [0.5, 0.6) is 0 Å². The van der Waals surface area contributed by atoms with Crippen LogP contribution in [0.1, 0.15) is 336 Å². The number of carbonyl (C=O) groups excluding carboxylic acids is 4. The minimum absolute atomic E-state index is 0.0333. The SMILES string of the molecule is CC/C=C\C/C=C\C/C=C\C/C=C\C/C=C\C/C=C\CCC(=O)OCC(COP(=O)(O)OCC(O)COP(=O)(O)OCC(COC(=O)CCCCCCC/C=C\C/C=C\C/C=C\CC)OC(=O)CCCCCCCCCCCCCCCCC)OC(=O)CCCCCCC/C=C\CCCCCCCC. The van der Waals surface area contributed by atoms with Gasteiger partial charge in [0.2, 0.25) is 0 Å². The number of hydrogen-bond donors (Lipinski definition) is 3. The van der Waals surface area contributed by atoms with Gasteiger partial charge in [-0.3, -0.25) is 37.3 Å². The molecule has 0 fully saturated rings. The van der Waals surface area contributed by atoms with Gasteiger partial charge < -0.3 is 33.8 Å². The monoisotopic (exact) mass is 1500 g/mol. The zero-order valence-corrected chi connectivity index (χ0v) is 67.2. The van der Waals surface area contributed by atoms with E-state index in [0.29, 0.717) is 32.1 Å². The van der Waals surface area contributed by atoms with Crippen LogP contribution in [0.2, 0.25) is 0 Å². The predicted octanol–water partition coefficient (Wildman–Crippen LogP) is 23.9. The van der Waals surface area contributed by atoms with E-state index >= 15 is 0 Å². The Balaban J connectivity index is 5.43. The Kier molecular flexibility index (Phi) is 73.3. The van der Waals surface area contributed by atoms with Gasteiger partial charge in [0.05, 0.1) is 26.4 Å². The molecule has 104 heavy (non-hydrogen) atoms. The highest BCUT2D eigenvalue weighted by atomic mass is 31.2. The van der Waals surface area contributed by atoms with Gasteiger partial charge in [-0.2, -0.15) is 0 Å². The van der Waals surface area contributed by atoms with Crippen LogP contribution < -0.4 is 0 Å². The molecular weight excluding hydrogens is 1350 g/mol. The van der Waals surface area contributed by atoms with E-state index in [9.17, 15) is 43.2 Å². The highest BCUT2D eigenvalue weighted by Gasteiger charge is 2.30. The summed E-state index contributed by atoms with van der Waals surface area (Å²) in [6.07, 6.45) is 84.7. The number of phosphoric ester groups is 2. The molecule has 0 spiro atoms. The van der Waals surface area contributed by atoms with E-state index in [2.05, 4.69) is 131 Å². The van der Waals surface area contributed by atoms with E-state index < -0.39 is 97.5 Å². The molecule has 598 valence electrons. The first kappa shape index (κ1) is 99.5. The summed E-state index contributed by atoms with van der Waals surface area (Å²) >= 11 is 0. The lowest BCUT2D eigenvalue weighted by Gasteiger charge is -2.21. The van der Waals surface area contributed by atoms with Crippen molar-refractivity contribution in [1.29, 1.82) is 0 Å². The van der Waals surface area contributed by atoms with Crippen LogP contribution in [0.4, 0.5) is 0 Å². The number of rotatable bonds is 76. The highest BCUT2D eigenvalue weighted by Crippen LogP contribution is 2.45. The lowest BCUT2D eigenvalue weighted by atomic mass is 10.0. The molecule has 17 nitrogen and oxygen atoms in total. The van der Waals surface area contributed by atoms with Crippen molar-refractivity contribution in [1.82, 2.24) is 0 Å². The molecule has 0 amide bonds. The molecule has 19 heteroatoms. The van der Waals surface area contributed by atoms with Crippen molar-refractivity contribution in [3.05, 3.63) is 122 Å². The third kappa shape index (κ3) is 75.7. The Morgan fingerprint density at radius 2 is 0.519 bits per heavy atom. The molecule has 0 aromatic carbocycles. The van der Waals surface area contributed by atoms with Gasteiger partial charge in [0.25, 0.3) is 0 Å². The number of carbonyl (C=O) groups is 4. The summed E-state index contributed by atoms with van der Waals surface area (Å²) in [4.78, 5) is 73.0. The fraction of sp³-hybridized carbons (Fsp3) is 0.718. The number of aliphatic hydroxyl groups is 1. The van der Waals surface area contributed by atoms with Crippen molar-refractivity contribution < 1.29 is 80.2 Å². The third-order valence-corrected chi connectivity index (χ3v) is 18.8. The molecule has 0 bridgehead atoms. The van der Waals surface area contributed by atoms with Crippen LogP contribution in [-0.2, 0) is 65.4 Å². The van der Waals surface area contributed by atoms with Gasteiger partial charge in [-0.05, 0) is 122 Å². The quantitative estimate of drug-likeness (QED) is 0.0169. The van der Waals surface area contributed by atoms with Gasteiger partial charge in [0, 0.05) is 25.7 Å². The molecule has 0 aliphatic heterocycles. The lowest BCUT2D eigenvalue weighted by Crippen LogP contribution is -2.30. The summed E-state index contributed by atoms with van der Waals surface area (Å²) in [6.45, 7) is 4.57. The van der Waals surface area contributed by atoms with Crippen molar-refractivity contribution in [2.45, 2.75) is 354 Å². The summed E-state index contributed by atoms with van der Waals surface area (Å²) in [7, 11) is -9.98. The first-order valence-corrected chi connectivity index (χ1v) is 43.8. The zero-order chi connectivity index (χ0) is 76.0. The minimum atomic E-state index is -5.00. The maximum Gasteiger partial charge on any atom is 0.472 e. The van der Waals surface area contributed by atoms with E-state index in [1.165, 1.54) is 103 Å². The minimum Gasteiger partial charge on any atom is -0.462 e. The Hall–Kier alpha value is -4.54. The number of unbranched alkanes of at least 4 members (excludes halogenated alkanes) is 30. The molecule has 0 aliphatic rings. The van der Waals surface area contributed by atoms with Gasteiger partial charge in [-0.15, -0.1) is 0 Å². The first-order chi connectivity index (χ1) is 50.7. The molecule has 0 radical (unpaired) electrons. The van der Waals surface area contributed by atoms with Crippen LogP contribution in [0.15, 0.2) is 122 Å². The van der Waals surface area contributed by atoms with Crippen LogP contribution in [0.3, 0.4) is 0 Å². The summed E-state index contributed by atoms with van der Waals surface area (Å²) in [5, 5.41) is 10.6. The second-order valence-electron chi connectivity index (χ2n) is 27.0.